The van der Waals surface area contributed by atoms with Crippen LogP contribution in [0.4, 0.5) is 4.39 Å². The van der Waals surface area contributed by atoms with Crippen LogP contribution in [0.2, 0.25) is 0 Å². The second-order valence-electron chi connectivity index (χ2n) is 4.60. The van der Waals surface area contributed by atoms with E-state index < -0.39 is 0 Å². The summed E-state index contributed by atoms with van der Waals surface area (Å²) in [5.41, 5.74) is 1.84. The van der Waals surface area contributed by atoms with Crippen molar-refractivity contribution in [2.24, 2.45) is 0 Å². The molecule has 0 aliphatic carbocycles. The predicted molar refractivity (Wildman–Crippen MR) is 78.7 cm³/mol. The second-order valence-corrected chi connectivity index (χ2v) is 4.60. The molecule has 0 unspecified atom stereocenters. The van der Waals surface area contributed by atoms with E-state index >= 15 is 0 Å². The normalized spacial score (nSPS) is 10.4. The van der Waals surface area contributed by atoms with Gasteiger partial charge in [0.05, 0.1) is 0 Å². The van der Waals surface area contributed by atoms with Crippen LogP contribution in [0.5, 0.6) is 11.5 Å². The van der Waals surface area contributed by atoms with Crippen molar-refractivity contribution in [3.63, 3.8) is 0 Å². The summed E-state index contributed by atoms with van der Waals surface area (Å²) < 4.78 is 18.5. The van der Waals surface area contributed by atoms with E-state index in [1.165, 1.54) is 12.1 Å². The Hall–Kier alpha value is -2.75. The first kappa shape index (κ1) is 13.2. The van der Waals surface area contributed by atoms with Crippen LogP contribution in [-0.4, -0.2) is 9.97 Å². The zero-order valence-corrected chi connectivity index (χ0v) is 11.5. The Balaban J connectivity index is 1.79. The Bertz CT molecular complexity index is 739. The average molecular weight is 280 g/mol. The summed E-state index contributed by atoms with van der Waals surface area (Å²) >= 11 is 0. The van der Waals surface area contributed by atoms with Gasteiger partial charge in [0, 0.05) is 17.5 Å². The molecule has 2 aromatic carbocycles. The predicted octanol–water partition coefficient (Wildman–Crippen LogP) is 4.38. The van der Waals surface area contributed by atoms with Gasteiger partial charge in [0.25, 0.3) is 0 Å². The van der Waals surface area contributed by atoms with E-state index in [-0.39, 0.29) is 5.82 Å². The molecule has 4 heteroatoms. The number of hydrogen-bond acceptors (Lipinski definition) is 3. The average Bonchev–Trinajstić information content (AvgIpc) is 2.50. The molecule has 3 aromatic rings. The van der Waals surface area contributed by atoms with Gasteiger partial charge in [-0.05, 0) is 61.5 Å². The van der Waals surface area contributed by atoms with Crippen LogP contribution in [0.3, 0.4) is 0 Å². The molecular formula is C17H13FN2O. The molecule has 0 radical (unpaired) electrons. The minimum absolute atomic E-state index is 0.283. The van der Waals surface area contributed by atoms with Gasteiger partial charge < -0.3 is 4.74 Å². The Kier molecular flexibility index (Phi) is 3.60. The van der Waals surface area contributed by atoms with Gasteiger partial charge in [-0.2, -0.15) is 0 Å². The topological polar surface area (TPSA) is 35.0 Å². The van der Waals surface area contributed by atoms with Crippen LogP contribution in [0, 0.1) is 12.7 Å². The first-order valence-electron chi connectivity index (χ1n) is 6.54. The molecule has 3 rings (SSSR count). The molecule has 3 nitrogen and oxygen atoms in total. The molecule has 0 atom stereocenters. The molecule has 1 heterocycles. The van der Waals surface area contributed by atoms with Crippen molar-refractivity contribution in [1.29, 1.82) is 0 Å². The van der Waals surface area contributed by atoms with Gasteiger partial charge in [0.2, 0.25) is 0 Å². The second kappa shape index (κ2) is 5.71. The summed E-state index contributed by atoms with van der Waals surface area (Å²) in [6, 6.07) is 15.2. The SMILES string of the molecule is Cc1ccnc(-c2ccc(Oc3ccc(F)cc3)cc2)n1. The first-order valence-corrected chi connectivity index (χ1v) is 6.54. The summed E-state index contributed by atoms with van der Waals surface area (Å²) in [4.78, 5) is 8.61. The summed E-state index contributed by atoms with van der Waals surface area (Å²) in [5, 5.41) is 0. The van der Waals surface area contributed by atoms with Gasteiger partial charge in [-0.1, -0.05) is 0 Å². The number of halogens is 1. The van der Waals surface area contributed by atoms with E-state index in [1.807, 2.05) is 37.3 Å². The van der Waals surface area contributed by atoms with E-state index in [9.17, 15) is 4.39 Å². The first-order chi connectivity index (χ1) is 10.2. The van der Waals surface area contributed by atoms with E-state index in [4.69, 9.17) is 4.74 Å². The molecule has 0 aliphatic rings. The van der Waals surface area contributed by atoms with Gasteiger partial charge in [0.1, 0.15) is 17.3 Å². The molecule has 0 aliphatic heterocycles. The van der Waals surface area contributed by atoms with Crippen LogP contribution in [0.1, 0.15) is 5.69 Å². The fourth-order valence-corrected chi connectivity index (χ4v) is 1.90. The molecule has 0 saturated heterocycles. The van der Waals surface area contributed by atoms with Crippen LogP contribution in [0.25, 0.3) is 11.4 Å². The zero-order chi connectivity index (χ0) is 14.7. The van der Waals surface area contributed by atoms with Gasteiger partial charge in [0.15, 0.2) is 5.82 Å². The number of aromatic nitrogens is 2. The van der Waals surface area contributed by atoms with Gasteiger partial charge in [-0.25, -0.2) is 14.4 Å². The van der Waals surface area contributed by atoms with Crippen molar-refractivity contribution in [1.82, 2.24) is 9.97 Å². The Morgan fingerprint density at radius 2 is 1.48 bits per heavy atom. The number of aryl methyl sites for hydroxylation is 1. The molecule has 1 aromatic heterocycles. The number of nitrogens with zero attached hydrogens (tertiary/aromatic N) is 2. The quantitative estimate of drug-likeness (QED) is 0.714. The third kappa shape index (κ3) is 3.23. The van der Waals surface area contributed by atoms with Gasteiger partial charge in [-0.3, -0.25) is 0 Å². The van der Waals surface area contributed by atoms with Crippen LogP contribution < -0.4 is 4.74 Å². The fraction of sp³-hybridized carbons (Fsp3) is 0.0588. The lowest BCUT2D eigenvalue weighted by molar-refractivity contribution is 0.480. The summed E-state index contributed by atoms with van der Waals surface area (Å²) in [6.07, 6.45) is 1.74. The van der Waals surface area contributed by atoms with Crippen LogP contribution in [-0.2, 0) is 0 Å². The van der Waals surface area contributed by atoms with Crippen molar-refractivity contribution < 1.29 is 9.13 Å². The van der Waals surface area contributed by atoms with Crippen molar-refractivity contribution in [3.05, 3.63) is 72.3 Å². The van der Waals surface area contributed by atoms with Crippen LogP contribution in [0.15, 0.2) is 60.8 Å². The third-order valence-electron chi connectivity index (χ3n) is 2.96. The fourth-order valence-electron chi connectivity index (χ4n) is 1.90. The Morgan fingerprint density at radius 1 is 0.857 bits per heavy atom. The lowest BCUT2D eigenvalue weighted by atomic mass is 10.2. The van der Waals surface area contributed by atoms with E-state index in [1.54, 1.807) is 18.3 Å². The van der Waals surface area contributed by atoms with Crippen LogP contribution >= 0.6 is 0 Å². The highest BCUT2D eigenvalue weighted by molar-refractivity contribution is 5.56. The van der Waals surface area contributed by atoms with E-state index in [0.29, 0.717) is 17.3 Å². The maximum atomic E-state index is 12.8. The summed E-state index contributed by atoms with van der Waals surface area (Å²) in [6.45, 7) is 1.93. The number of rotatable bonds is 3. The molecular weight excluding hydrogens is 267 g/mol. The lowest BCUT2D eigenvalue weighted by Crippen LogP contribution is -1.90. The number of benzene rings is 2. The zero-order valence-electron chi connectivity index (χ0n) is 11.5. The third-order valence-corrected chi connectivity index (χ3v) is 2.96. The maximum Gasteiger partial charge on any atom is 0.159 e. The van der Waals surface area contributed by atoms with Crippen molar-refractivity contribution >= 4 is 0 Å². The molecule has 0 saturated carbocycles. The highest BCUT2D eigenvalue weighted by Crippen LogP contribution is 2.24. The van der Waals surface area contributed by atoms with E-state index in [0.717, 1.165) is 11.3 Å². The monoisotopic (exact) mass is 280 g/mol. The smallest absolute Gasteiger partial charge is 0.159 e. The van der Waals surface area contributed by atoms with Gasteiger partial charge >= 0.3 is 0 Å². The Morgan fingerprint density at radius 3 is 2.10 bits per heavy atom. The molecule has 0 spiro atoms. The highest BCUT2D eigenvalue weighted by atomic mass is 19.1. The summed E-state index contributed by atoms with van der Waals surface area (Å²) in [5.74, 6) is 1.67. The molecule has 21 heavy (non-hydrogen) atoms. The minimum atomic E-state index is -0.283. The Labute approximate surface area is 122 Å². The van der Waals surface area contributed by atoms with Crippen molar-refractivity contribution in [2.45, 2.75) is 6.92 Å². The minimum Gasteiger partial charge on any atom is -0.457 e. The number of ether oxygens (including phenoxy) is 1. The molecule has 0 N–H and O–H groups in total. The lowest BCUT2D eigenvalue weighted by Gasteiger charge is -2.06. The maximum absolute atomic E-state index is 12.8. The van der Waals surface area contributed by atoms with E-state index in [2.05, 4.69) is 9.97 Å². The molecule has 0 amide bonds. The summed E-state index contributed by atoms with van der Waals surface area (Å²) in [7, 11) is 0. The molecule has 104 valence electrons. The highest BCUT2D eigenvalue weighted by Gasteiger charge is 2.03. The number of hydrogen-bond donors (Lipinski definition) is 0. The molecule has 0 fully saturated rings. The molecule has 0 bridgehead atoms. The van der Waals surface area contributed by atoms with Gasteiger partial charge in [-0.15, -0.1) is 0 Å². The standard InChI is InChI=1S/C17H13FN2O/c1-12-10-11-19-17(20-12)13-2-6-15(7-3-13)21-16-8-4-14(18)5-9-16/h2-11H,1H3. The largest absolute Gasteiger partial charge is 0.457 e. The van der Waals surface area contributed by atoms with Crippen molar-refractivity contribution in [2.75, 3.05) is 0 Å². The van der Waals surface area contributed by atoms with Crippen molar-refractivity contribution in [3.8, 4) is 22.9 Å².